The number of nitrogens with one attached hydrogen (secondary N) is 1. The van der Waals surface area contributed by atoms with Crippen molar-refractivity contribution in [3.05, 3.63) is 59.5 Å². The van der Waals surface area contributed by atoms with E-state index in [0.29, 0.717) is 11.3 Å². The number of halogens is 3. The van der Waals surface area contributed by atoms with Gasteiger partial charge < -0.3 is 10.4 Å². The van der Waals surface area contributed by atoms with E-state index >= 15 is 0 Å². The van der Waals surface area contributed by atoms with E-state index in [0.717, 1.165) is 18.1 Å². The summed E-state index contributed by atoms with van der Waals surface area (Å²) in [4.78, 5) is 23.5. The van der Waals surface area contributed by atoms with Crippen molar-refractivity contribution in [1.29, 1.82) is 0 Å². The Hall–Kier alpha value is -0.930. The fourth-order valence-corrected chi connectivity index (χ4v) is 3.58. The number of hydrogen-bond donors (Lipinski definition) is 2. The molecule has 7 heteroatoms. The summed E-state index contributed by atoms with van der Waals surface area (Å²) in [6, 6.07) is 8.20. The average molecular weight is 539 g/mol. The molecule has 0 aliphatic rings. The van der Waals surface area contributed by atoms with E-state index in [1.54, 1.807) is 12.1 Å². The zero-order chi connectivity index (χ0) is 16.4. The highest BCUT2D eigenvalue weighted by Crippen LogP contribution is 2.28. The maximum atomic E-state index is 12.5. The lowest BCUT2D eigenvalue weighted by molar-refractivity contribution is 0.0696. The summed E-state index contributed by atoms with van der Waals surface area (Å²) in [5, 5.41) is 11.8. The van der Waals surface area contributed by atoms with Crippen LogP contribution in [0.1, 0.15) is 26.3 Å². The van der Waals surface area contributed by atoms with Crippen LogP contribution in [-0.4, -0.2) is 17.0 Å². The molecule has 0 unspecified atom stereocenters. The van der Waals surface area contributed by atoms with Crippen LogP contribution in [0.5, 0.6) is 0 Å². The minimum atomic E-state index is -1.03. The molecule has 0 heterocycles. The summed E-state index contributed by atoms with van der Waals surface area (Å²) < 4.78 is 2.37. The normalized spacial score (nSPS) is 10.4. The monoisotopic (exact) mass is 537 g/mol. The largest absolute Gasteiger partial charge is 0.478 e. The summed E-state index contributed by atoms with van der Waals surface area (Å²) in [6.07, 6.45) is 0. The predicted octanol–water partition coefficient (Wildman–Crippen LogP) is 5.08. The number of aromatic carboxylic acids is 1. The molecule has 2 N–H and O–H groups in total. The second kappa shape index (κ2) is 7.10. The summed E-state index contributed by atoms with van der Waals surface area (Å²) in [5.41, 5.74) is 1.91. The molecule has 0 aliphatic carbocycles. The standard InChI is InChI=1S/C15H10Br2INO3/c1-7-2-3-8(15(21)22)4-12(7)19-14(20)10-5-9(16)6-11(17)13(10)18/h2-6H,1H3,(H,19,20)(H,21,22). The highest BCUT2D eigenvalue weighted by Gasteiger charge is 2.15. The van der Waals surface area contributed by atoms with Crippen LogP contribution in [0.2, 0.25) is 0 Å². The summed E-state index contributed by atoms with van der Waals surface area (Å²) in [7, 11) is 0. The molecule has 0 radical (unpaired) electrons. The summed E-state index contributed by atoms with van der Waals surface area (Å²) in [5.74, 6) is -1.33. The van der Waals surface area contributed by atoms with Gasteiger partial charge in [0.15, 0.2) is 0 Å². The second-order valence-corrected chi connectivity index (χ2v) is 7.39. The zero-order valence-corrected chi connectivity index (χ0v) is 16.6. The molecule has 2 rings (SSSR count). The Morgan fingerprint density at radius 3 is 2.50 bits per heavy atom. The quantitative estimate of drug-likeness (QED) is 0.423. The third-order valence-electron chi connectivity index (χ3n) is 2.97. The van der Waals surface area contributed by atoms with Gasteiger partial charge in [-0.05, 0) is 75.3 Å². The number of aryl methyl sites for hydroxylation is 1. The third-order valence-corrected chi connectivity index (χ3v) is 5.96. The molecule has 2 aromatic rings. The molecular weight excluding hydrogens is 529 g/mol. The van der Waals surface area contributed by atoms with Gasteiger partial charge in [-0.25, -0.2) is 4.79 Å². The van der Waals surface area contributed by atoms with Crippen molar-refractivity contribution < 1.29 is 14.7 Å². The fourth-order valence-electron chi connectivity index (χ4n) is 1.80. The minimum absolute atomic E-state index is 0.131. The first kappa shape index (κ1) is 17.4. The van der Waals surface area contributed by atoms with Gasteiger partial charge in [-0.1, -0.05) is 22.0 Å². The Balaban J connectivity index is 2.37. The molecule has 0 fully saturated rings. The van der Waals surface area contributed by atoms with Crippen LogP contribution < -0.4 is 5.32 Å². The number of benzene rings is 2. The number of amides is 1. The Morgan fingerprint density at radius 2 is 1.86 bits per heavy atom. The lowest BCUT2D eigenvalue weighted by Gasteiger charge is -2.11. The molecule has 0 atom stereocenters. The van der Waals surface area contributed by atoms with Crippen LogP contribution >= 0.6 is 54.5 Å². The van der Waals surface area contributed by atoms with Gasteiger partial charge in [-0.2, -0.15) is 0 Å². The SMILES string of the molecule is Cc1ccc(C(=O)O)cc1NC(=O)c1cc(Br)cc(Br)c1I. The number of rotatable bonds is 3. The van der Waals surface area contributed by atoms with E-state index in [-0.39, 0.29) is 11.5 Å². The number of carboxylic acid groups (broad SMARTS) is 1. The molecule has 0 bridgehead atoms. The van der Waals surface area contributed by atoms with Crippen molar-refractivity contribution >= 4 is 72.0 Å². The van der Waals surface area contributed by atoms with Gasteiger partial charge >= 0.3 is 5.97 Å². The second-order valence-electron chi connectivity index (χ2n) is 4.54. The zero-order valence-electron chi connectivity index (χ0n) is 11.3. The van der Waals surface area contributed by atoms with Gasteiger partial charge in [0.05, 0.1) is 11.1 Å². The van der Waals surface area contributed by atoms with Crippen molar-refractivity contribution in [2.45, 2.75) is 6.92 Å². The molecule has 1 amide bonds. The van der Waals surface area contributed by atoms with Crippen molar-refractivity contribution in [2.75, 3.05) is 5.32 Å². The number of anilines is 1. The molecule has 0 saturated carbocycles. The number of carbonyl (C=O) groups is 2. The lowest BCUT2D eigenvalue weighted by Crippen LogP contribution is -2.15. The van der Waals surface area contributed by atoms with Crippen LogP contribution in [0, 0.1) is 10.5 Å². The van der Waals surface area contributed by atoms with Gasteiger partial charge in [0, 0.05) is 18.2 Å². The van der Waals surface area contributed by atoms with Crippen LogP contribution in [-0.2, 0) is 0 Å². The fraction of sp³-hybridized carbons (Fsp3) is 0.0667. The highest BCUT2D eigenvalue weighted by molar-refractivity contribution is 14.1. The highest BCUT2D eigenvalue weighted by atomic mass is 127. The van der Waals surface area contributed by atoms with E-state index in [9.17, 15) is 9.59 Å². The molecule has 114 valence electrons. The maximum absolute atomic E-state index is 12.5. The van der Waals surface area contributed by atoms with E-state index in [1.807, 2.05) is 13.0 Å². The topological polar surface area (TPSA) is 66.4 Å². The summed E-state index contributed by atoms with van der Waals surface area (Å²) in [6.45, 7) is 1.81. The minimum Gasteiger partial charge on any atom is -0.478 e. The Morgan fingerprint density at radius 1 is 1.18 bits per heavy atom. The molecular formula is C15H10Br2INO3. The first-order valence-corrected chi connectivity index (χ1v) is 8.76. The van der Waals surface area contributed by atoms with E-state index in [2.05, 4.69) is 59.8 Å². The molecule has 0 aliphatic heterocycles. The maximum Gasteiger partial charge on any atom is 0.335 e. The van der Waals surface area contributed by atoms with Gasteiger partial charge in [0.25, 0.3) is 5.91 Å². The molecule has 2 aromatic carbocycles. The van der Waals surface area contributed by atoms with Gasteiger partial charge in [0.1, 0.15) is 0 Å². The van der Waals surface area contributed by atoms with E-state index in [1.165, 1.54) is 12.1 Å². The first-order chi connectivity index (χ1) is 10.3. The first-order valence-electron chi connectivity index (χ1n) is 6.09. The Kier molecular flexibility index (Phi) is 5.62. The van der Waals surface area contributed by atoms with Crippen molar-refractivity contribution in [2.24, 2.45) is 0 Å². The molecule has 0 saturated heterocycles. The Bertz CT molecular complexity index is 778. The van der Waals surface area contributed by atoms with Gasteiger partial charge in [-0.3, -0.25) is 4.79 Å². The number of carboxylic acids is 1. The van der Waals surface area contributed by atoms with E-state index in [4.69, 9.17) is 5.11 Å². The smallest absolute Gasteiger partial charge is 0.335 e. The van der Waals surface area contributed by atoms with Crippen LogP contribution in [0.15, 0.2) is 39.3 Å². The Labute approximate surface area is 157 Å². The predicted molar refractivity (Wildman–Crippen MR) is 101 cm³/mol. The van der Waals surface area contributed by atoms with Crippen molar-refractivity contribution in [1.82, 2.24) is 0 Å². The molecule has 4 nitrogen and oxygen atoms in total. The molecule has 0 spiro atoms. The van der Waals surface area contributed by atoms with Gasteiger partial charge in [-0.15, -0.1) is 0 Å². The van der Waals surface area contributed by atoms with Crippen LogP contribution in [0.4, 0.5) is 5.69 Å². The number of hydrogen-bond acceptors (Lipinski definition) is 2. The molecule has 22 heavy (non-hydrogen) atoms. The van der Waals surface area contributed by atoms with Gasteiger partial charge in [0.2, 0.25) is 0 Å². The lowest BCUT2D eigenvalue weighted by atomic mass is 10.1. The average Bonchev–Trinajstić information content (AvgIpc) is 2.44. The van der Waals surface area contributed by atoms with Crippen molar-refractivity contribution in [3.8, 4) is 0 Å². The van der Waals surface area contributed by atoms with Crippen LogP contribution in [0.25, 0.3) is 0 Å². The summed E-state index contributed by atoms with van der Waals surface area (Å²) >= 11 is 8.84. The third kappa shape index (κ3) is 3.88. The molecule has 0 aromatic heterocycles. The number of carbonyl (C=O) groups excluding carboxylic acids is 1. The van der Waals surface area contributed by atoms with E-state index < -0.39 is 5.97 Å². The van der Waals surface area contributed by atoms with Crippen molar-refractivity contribution in [3.63, 3.8) is 0 Å². The van der Waals surface area contributed by atoms with Crippen LogP contribution in [0.3, 0.4) is 0 Å².